The minimum Gasteiger partial charge on any atom is -0.354 e. The van der Waals surface area contributed by atoms with E-state index < -0.39 is 83.6 Å². The van der Waals surface area contributed by atoms with E-state index in [1.54, 1.807) is 61.1 Å². The van der Waals surface area contributed by atoms with Gasteiger partial charge in [-0.15, -0.1) is 0 Å². The number of fused-ring (bicyclic) bond motifs is 1. The van der Waals surface area contributed by atoms with Gasteiger partial charge in [-0.3, -0.25) is 33.1 Å². The van der Waals surface area contributed by atoms with Gasteiger partial charge in [0.15, 0.2) is 5.95 Å². The van der Waals surface area contributed by atoms with Crippen molar-refractivity contribution < 1.29 is 53.5 Å². The summed E-state index contributed by atoms with van der Waals surface area (Å²) in [7, 11) is -13.6. The van der Waals surface area contributed by atoms with E-state index in [0.29, 0.717) is 28.2 Å². The summed E-state index contributed by atoms with van der Waals surface area (Å²) >= 11 is 0. The standard InChI is InChI=1S/C46H53N11O13S3/c1-27-18-28(2)42(29(3)19-27)72(66,67)56-36(30(4)58)24-51-44(61)35-25-57(38-20-31(10-12-34(38)41(35)59)21-52-46-48-15-16-49-46)17-7-14-47-45(62)37(26-71(63,64)65)54-43(60)33-11-13-40(50-22-33)55-53-23-32-8-5-6-9-39(32)73(68,69)70/h5-6,8-13,15-16,18-20,22,25,36-37,53,56H,7,14,17,21,23-24,26H2,1-4H3,(H,47,62)(H,50,55)(H,51,61)(H,54,60)(H2,48,49,52)(H,63,64,65)(H,68,69,70)/t36?,37-/m0/s1. The third-order valence-corrected chi connectivity index (χ3v) is 14.6. The van der Waals surface area contributed by atoms with Crippen LogP contribution in [0.15, 0.2) is 106 Å². The maximum absolute atomic E-state index is 13.9. The van der Waals surface area contributed by atoms with Gasteiger partial charge in [-0.1, -0.05) is 42.0 Å². The molecule has 3 aromatic heterocycles. The monoisotopic (exact) mass is 1060 g/mol. The number of pyridine rings is 2. The van der Waals surface area contributed by atoms with Gasteiger partial charge in [-0.25, -0.2) is 23.8 Å². The van der Waals surface area contributed by atoms with Gasteiger partial charge in [-0.05, 0) is 86.7 Å². The number of H-pyrrole nitrogens is 1. The number of hydrazine groups is 1. The molecule has 3 aromatic carbocycles. The zero-order valence-corrected chi connectivity index (χ0v) is 42.2. The second kappa shape index (κ2) is 23.4. The Morgan fingerprint density at radius 3 is 2.21 bits per heavy atom. The second-order valence-corrected chi connectivity index (χ2v) is 21.4. The number of aromatic nitrogens is 4. The van der Waals surface area contributed by atoms with Gasteiger partial charge < -0.3 is 36.2 Å². The zero-order chi connectivity index (χ0) is 53.3. The topological polar surface area (TPSA) is 359 Å². The molecule has 388 valence electrons. The lowest BCUT2D eigenvalue weighted by molar-refractivity contribution is -0.122. The minimum atomic E-state index is -4.83. The van der Waals surface area contributed by atoms with Gasteiger partial charge in [-0.2, -0.15) is 21.6 Å². The first-order valence-electron chi connectivity index (χ1n) is 22.2. The number of aryl methyl sites for hydroxylation is 4. The molecule has 1 unspecified atom stereocenters. The number of ketones is 1. The number of nitrogens with one attached hydrogen (secondary N) is 8. The molecule has 0 fully saturated rings. The molecule has 0 bridgehead atoms. The highest BCUT2D eigenvalue weighted by Gasteiger charge is 2.29. The molecule has 6 rings (SSSR count). The van der Waals surface area contributed by atoms with Crippen LogP contribution in [0.25, 0.3) is 10.9 Å². The summed E-state index contributed by atoms with van der Waals surface area (Å²) in [6, 6.07) is 13.5. The van der Waals surface area contributed by atoms with Crippen LogP contribution < -0.4 is 42.3 Å². The predicted octanol–water partition coefficient (Wildman–Crippen LogP) is 1.88. The van der Waals surface area contributed by atoms with Crippen LogP contribution in [0.2, 0.25) is 0 Å². The van der Waals surface area contributed by atoms with Crippen molar-refractivity contribution in [3.8, 4) is 0 Å². The second-order valence-electron chi connectivity index (χ2n) is 16.8. The smallest absolute Gasteiger partial charge is 0.294 e. The fourth-order valence-electron chi connectivity index (χ4n) is 7.79. The molecule has 3 amide bonds. The molecular formula is C46H53N11O13S3. The first kappa shape index (κ1) is 54.9. The molecule has 0 saturated heterocycles. The van der Waals surface area contributed by atoms with Crippen molar-refractivity contribution in [1.29, 1.82) is 0 Å². The predicted molar refractivity (Wildman–Crippen MR) is 268 cm³/mol. The number of amides is 3. The number of rotatable bonds is 24. The molecule has 0 aliphatic carbocycles. The zero-order valence-electron chi connectivity index (χ0n) is 39.7. The number of hydrogen-bond acceptors (Lipinski definition) is 16. The van der Waals surface area contributed by atoms with Gasteiger partial charge in [0, 0.05) is 62.9 Å². The molecule has 10 N–H and O–H groups in total. The highest BCUT2D eigenvalue weighted by Crippen LogP contribution is 2.23. The van der Waals surface area contributed by atoms with Gasteiger partial charge in [0.1, 0.15) is 29.0 Å². The van der Waals surface area contributed by atoms with Crippen molar-refractivity contribution in [3.63, 3.8) is 0 Å². The average molecular weight is 1060 g/mol. The van der Waals surface area contributed by atoms with Crippen molar-refractivity contribution in [2.24, 2.45) is 0 Å². The molecular weight excluding hydrogens is 1010 g/mol. The van der Waals surface area contributed by atoms with Crippen molar-refractivity contribution >= 4 is 76.4 Å². The lowest BCUT2D eigenvalue weighted by atomic mass is 10.1. The van der Waals surface area contributed by atoms with Gasteiger partial charge in [0.2, 0.25) is 21.4 Å². The molecule has 27 heteroatoms. The van der Waals surface area contributed by atoms with Crippen LogP contribution in [0.5, 0.6) is 0 Å². The summed E-state index contributed by atoms with van der Waals surface area (Å²) in [6.45, 7) is 5.83. The van der Waals surface area contributed by atoms with E-state index >= 15 is 0 Å². The number of aromatic amines is 1. The summed E-state index contributed by atoms with van der Waals surface area (Å²) in [5.74, 6) is -3.96. The van der Waals surface area contributed by atoms with Crippen molar-refractivity contribution in [2.45, 2.75) is 75.6 Å². The lowest BCUT2D eigenvalue weighted by Gasteiger charge is -2.20. The summed E-state index contributed by atoms with van der Waals surface area (Å²) in [5.41, 5.74) is 7.43. The summed E-state index contributed by atoms with van der Waals surface area (Å²) in [5, 5.41) is 10.6. The largest absolute Gasteiger partial charge is 0.354 e. The van der Waals surface area contributed by atoms with Crippen molar-refractivity contribution in [3.05, 3.63) is 141 Å². The molecule has 0 radical (unpaired) electrons. The molecule has 0 aliphatic rings. The Bertz CT molecular complexity index is 3420. The summed E-state index contributed by atoms with van der Waals surface area (Å²) < 4.78 is 97.5. The van der Waals surface area contributed by atoms with Crippen LogP contribution in [0.4, 0.5) is 11.8 Å². The number of carbonyl (C=O) groups excluding carboxylic acids is 4. The van der Waals surface area contributed by atoms with E-state index in [-0.39, 0.29) is 70.3 Å². The highest BCUT2D eigenvalue weighted by molar-refractivity contribution is 7.89. The normalized spacial score (nSPS) is 12.7. The summed E-state index contributed by atoms with van der Waals surface area (Å²) in [6.07, 6.45) is 5.68. The van der Waals surface area contributed by atoms with E-state index in [1.165, 1.54) is 42.6 Å². The number of anilines is 2. The van der Waals surface area contributed by atoms with Crippen LogP contribution in [0.3, 0.4) is 0 Å². The van der Waals surface area contributed by atoms with Crippen LogP contribution in [-0.2, 0) is 59.5 Å². The maximum atomic E-state index is 13.9. The Hall–Kier alpha value is -7.40. The van der Waals surface area contributed by atoms with Crippen LogP contribution >= 0.6 is 0 Å². The lowest BCUT2D eigenvalue weighted by Crippen LogP contribution is -2.50. The first-order valence-corrected chi connectivity index (χ1v) is 26.8. The van der Waals surface area contributed by atoms with Crippen LogP contribution in [0, 0.1) is 20.8 Å². The number of Topliss-reactive ketones (excluding diaryl/α,β-unsaturated/α-hetero) is 1. The number of carbonyl (C=O) groups is 4. The van der Waals surface area contributed by atoms with E-state index in [0.717, 1.165) is 18.7 Å². The van der Waals surface area contributed by atoms with E-state index in [9.17, 15) is 58.3 Å². The average Bonchev–Trinajstić information content (AvgIpc) is 3.84. The van der Waals surface area contributed by atoms with Crippen molar-refractivity contribution in [1.82, 2.24) is 45.6 Å². The molecule has 6 aromatic rings. The highest BCUT2D eigenvalue weighted by atomic mass is 32.2. The quantitative estimate of drug-likeness (QED) is 0.0235. The first-order chi connectivity index (χ1) is 34.4. The SMILES string of the molecule is CC(=O)C(CNC(=O)c1cn(CCCNC(=O)[C@H](CS(=O)(=O)O)NC(=O)c2ccc(NNCc3ccccc3S(=O)(=O)O)nc2)c2cc(CNc3ncc[nH]3)ccc2c1=O)NS(=O)(=O)c1c(C)cc(C)cc1C. The number of nitrogens with zero attached hydrogens (tertiary/aromatic N) is 3. The Balaban J connectivity index is 1.14. The number of hydrogen-bond donors (Lipinski definition) is 10. The maximum Gasteiger partial charge on any atom is 0.294 e. The number of benzene rings is 3. The van der Waals surface area contributed by atoms with Gasteiger partial charge in [0.25, 0.3) is 32.1 Å². The molecule has 24 nitrogen and oxygen atoms in total. The third-order valence-electron chi connectivity index (χ3n) is 11.1. The van der Waals surface area contributed by atoms with Crippen LogP contribution in [0.1, 0.15) is 61.9 Å². The molecule has 2 atom stereocenters. The molecule has 73 heavy (non-hydrogen) atoms. The van der Waals surface area contributed by atoms with E-state index in [4.69, 9.17) is 0 Å². The Labute approximate surface area is 419 Å². The molecule has 0 spiro atoms. The number of sulfonamides is 1. The van der Waals surface area contributed by atoms with E-state index in [2.05, 4.69) is 51.8 Å². The fraction of sp³-hybridized carbons (Fsp3) is 0.283. The fourth-order valence-corrected chi connectivity index (χ4v) is 10.9. The Morgan fingerprint density at radius 2 is 1.56 bits per heavy atom. The third kappa shape index (κ3) is 14.8. The van der Waals surface area contributed by atoms with Gasteiger partial charge in [0.05, 0.1) is 26.9 Å². The van der Waals surface area contributed by atoms with E-state index in [1.807, 2.05) is 6.92 Å². The van der Waals surface area contributed by atoms with Crippen LogP contribution in [-0.4, -0.2) is 108 Å². The Morgan fingerprint density at radius 1 is 0.836 bits per heavy atom. The Kier molecular flexibility index (Phi) is 17.6. The molecule has 0 saturated carbocycles. The molecule has 0 aliphatic heterocycles. The summed E-state index contributed by atoms with van der Waals surface area (Å²) in [4.78, 5) is 77.9. The minimum absolute atomic E-state index is 0.00542. The van der Waals surface area contributed by atoms with Crippen molar-refractivity contribution in [2.75, 3.05) is 29.6 Å². The number of imidazole rings is 1. The van der Waals surface area contributed by atoms with Gasteiger partial charge >= 0.3 is 0 Å². The molecule has 3 heterocycles.